The predicted molar refractivity (Wildman–Crippen MR) is 129 cm³/mol. The van der Waals surface area contributed by atoms with E-state index in [1.165, 1.54) is 40.7 Å². The molecule has 6 nitrogen and oxygen atoms in total. The second kappa shape index (κ2) is 8.56. The summed E-state index contributed by atoms with van der Waals surface area (Å²) < 4.78 is 0. The van der Waals surface area contributed by atoms with Crippen molar-refractivity contribution in [2.24, 2.45) is 0 Å². The molecule has 0 spiro atoms. The molecule has 7 heteroatoms. The molecule has 32 heavy (non-hydrogen) atoms. The Labute approximate surface area is 192 Å². The average Bonchev–Trinajstić information content (AvgIpc) is 3.24. The van der Waals surface area contributed by atoms with E-state index < -0.39 is 0 Å². The standard InChI is InChI=1S/C25H26N6S/c1-2-4-21-20(3-1)22-24(28-23(29-25(22)32-21)19-7-11-27-12-8-19)31-15-13-30(14-16-31)17-18-5-9-26-10-6-18/h5-12H,1-4,13-17H2. The Hall–Kier alpha value is -2.90. The largest absolute Gasteiger partial charge is 0.353 e. The van der Waals surface area contributed by atoms with Gasteiger partial charge in [0.1, 0.15) is 10.6 Å². The van der Waals surface area contributed by atoms with Gasteiger partial charge in [0, 0.05) is 68.0 Å². The second-order valence-electron chi connectivity index (χ2n) is 8.62. The van der Waals surface area contributed by atoms with Gasteiger partial charge in [-0.05, 0) is 61.1 Å². The van der Waals surface area contributed by atoms with E-state index in [1.54, 1.807) is 0 Å². The molecule has 0 radical (unpaired) electrons. The SMILES string of the molecule is c1cc(CN2CCN(c3nc(-c4ccncc4)nc4sc5c(c34)CCCC5)CC2)ccn1. The van der Waals surface area contributed by atoms with Crippen molar-refractivity contribution in [1.29, 1.82) is 0 Å². The third-order valence-electron chi connectivity index (χ3n) is 6.56. The molecule has 0 amide bonds. The van der Waals surface area contributed by atoms with Gasteiger partial charge in [-0.3, -0.25) is 14.9 Å². The van der Waals surface area contributed by atoms with Crippen LogP contribution in [0.3, 0.4) is 0 Å². The van der Waals surface area contributed by atoms with Crippen LogP contribution in [-0.2, 0) is 19.4 Å². The van der Waals surface area contributed by atoms with Gasteiger partial charge in [0.25, 0.3) is 0 Å². The number of aryl methyl sites for hydroxylation is 2. The Bertz CT molecular complexity index is 1220. The van der Waals surface area contributed by atoms with Crippen molar-refractivity contribution in [3.63, 3.8) is 0 Å². The number of piperazine rings is 1. The van der Waals surface area contributed by atoms with Crippen molar-refractivity contribution in [2.75, 3.05) is 31.1 Å². The number of pyridine rings is 2. The smallest absolute Gasteiger partial charge is 0.163 e. The number of hydrogen-bond acceptors (Lipinski definition) is 7. The number of hydrogen-bond donors (Lipinski definition) is 0. The van der Waals surface area contributed by atoms with Gasteiger partial charge in [-0.1, -0.05) is 0 Å². The lowest BCUT2D eigenvalue weighted by molar-refractivity contribution is 0.249. The lowest BCUT2D eigenvalue weighted by Gasteiger charge is -2.36. The fourth-order valence-corrected chi connectivity index (χ4v) is 6.12. The molecular weight excluding hydrogens is 416 g/mol. The zero-order valence-electron chi connectivity index (χ0n) is 18.1. The Kier molecular flexibility index (Phi) is 5.29. The summed E-state index contributed by atoms with van der Waals surface area (Å²) in [5.41, 5.74) is 3.86. The van der Waals surface area contributed by atoms with Crippen LogP contribution in [0.5, 0.6) is 0 Å². The minimum Gasteiger partial charge on any atom is -0.353 e. The molecule has 162 valence electrons. The van der Waals surface area contributed by atoms with Gasteiger partial charge in [-0.2, -0.15) is 0 Å². The van der Waals surface area contributed by atoms with Crippen LogP contribution in [0.4, 0.5) is 5.82 Å². The van der Waals surface area contributed by atoms with Gasteiger partial charge in [-0.15, -0.1) is 11.3 Å². The van der Waals surface area contributed by atoms with Crippen LogP contribution >= 0.6 is 11.3 Å². The Morgan fingerprint density at radius 2 is 1.53 bits per heavy atom. The van der Waals surface area contributed by atoms with Gasteiger partial charge in [0.2, 0.25) is 0 Å². The predicted octanol–water partition coefficient (Wildman–Crippen LogP) is 4.35. The molecule has 1 aliphatic carbocycles. The molecule has 1 aliphatic heterocycles. The maximum Gasteiger partial charge on any atom is 0.163 e. The number of fused-ring (bicyclic) bond motifs is 3. The highest BCUT2D eigenvalue weighted by molar-refractivity contribution is 7.19. The molecule has 0 aromatic carbocycles. The first-order valence-corrected chi connectivity index (χ1v) is 12.3. The molecule has 4 aromatic heterocycles. The van der Waals surface area contributed by atoms with Crippen molar-refractivity contribution >= 4 is 27.4 Å². The average molecular weight is 443 g/mol. The van der Waals surface area contributed by atoms with Crippen molar-refractivity contribution < 1.29 is 0 Å². The minimum absolute atomic E-state index is 0.813. The number of aromatic nitrogens is 4. The summed E-state index contributed by atoms with van der Waals surface area (Å²) in [4.78, 5) is 26.1. The van der Waals surface area contributed by atoms with Crippen LogP contribution in [0.15, 0.2) is 49.1 Å². The van der Waals surface area contributed by atoms with Crippen molar-refractivity contribution in [2.45, 2.75) is 32.2 Å². The van der Waals surface area contributed by atoms with E-state index >= 15 is 0 Å². The minimum atomic E-state index is 0.813. The summed E-state index contributed by atoms with van der Waals surface area (Å²) in [7, 11) is 0. The highest BCUT2D eigenvalue weighted by Gasteiger charge is 2.26. The first-order valence-electron chi connectivity index (χ1n) is 11.4. The summed E-state index contributed by atoms with van der Waals surface area (Å²) in [5.74, 6) is 1.94. The van der Waals surface area contributed by atoms with E-state index in [9.17, 15) is 0 Å². The molecule has 6 rings (SSSR count). The first-order chi connectivity index (χ1) is 15.8. The monoisotopic (exact) mass is 442 g/mol. The van der Waals surface area contributed by atoms with Crippen LogP contribution < -0.4 is 4.90 Å². The van der Waals surface area contributed by atoms with Gasteiger partial charge >= 0.3 is 0 Å². The molecule has 0 bridgehead atoms. The third kappa shape index (κ3) is 3.76. The summed E-state index contributed by atoms with van der Waals surface area (Å²) in [6.45, 7) is 5.01. The molecule has 5 heterocycles. The molecular formula is C25H26N6S. The molecule has 0 saturated carbocycles. The van der Waals surface area contributed by atoms with E-state index in [4.69, 9.17) is 9.97 Å². The lowest BCUT2D eigenvalue weighted by Crippen LogP contribution is -2.46. The van der Waals surface area contributed by atoms with Crippen LogP contribution in [0.2, 0.25) is 0 Å². The molecule has 0 unspecified atom stereocenters. The number of nitrogens with zero attached hydrogens (tertiary/aromatic N) is 6. The zero-order chi connectivity index (χ0) is 21.3. The van der Waals surface area contributed by atoms with E-state index in [0.717, 1.165) is 61.2 Å². The van der Waals surface area contributed by atoms with Gasteiger partial charge in [-0.25, -0.2) is 9.97 Å². The summed E-state index contributed by atoms with van der Waals surface area (Å²) in [6, 6.07) is 8.23. The molecule has 1 saturated heterocycles. The van der Waals surface area contributed by atoms with E-state index in [-0.39, 0.29) is 0 Å². The second-order valence-corrected chi connectivity index (χ2v) is 9.70. The Balaban J connectivity index is 1.34. The number of anilines is 1. The van der Waals surface area contributed by atoms with Crippen LogP contribution in [0.25, 0.3) is 21.6 Å². The van der Waals surface area contributed by atoms with Crippen LogP contribution in [-0.4, -0.2) is 51.0 Å². The maximum absolute atomic E-state index is 5.15. The molecule has 2 aliphatic rings. The third-order valence-corrected chi connectivity index (χ3v) is 7.75. The summed E-state index contributed by atoms with van der Waals surface area (Å²) in [5, 5.41) is 1.31. The summed E-state index contributed by atoms with van der Waals surface area (Å²) in [6.07, 6.45) is 12.3. The highest BCUT2D eigenvalue weighted by atomic mass is 32.1. The molecule has 4 aromatic rings. The maximum atomic E-state index is 5.15. The highest BCUT2D eigenvalue weighted by Crippen LogP contribution is 2.41. The van der Waals surface area contributed by atoms with Gasteiger partial charge < -0.3 is 4.90 Å². The van der Waals surface area contributed by atoms with E-state index in [0.29, 0.717) is 0 Å². The molecule has 0 atom stereocenters. The summed E-state index contributed by atoms with van der Waals surface area (Å²) >= 11 is 1.88. The Morgan fingerprint density at radius 3 is 2.31 bits per heavy atom. The molecule has 0 N–H and O–H groups in total. The van der Waals surface area contributed by atoms with Gasteiger partial charge in [0.05, 0.1) is 5.39 Å². The van der Waals surface area contributed by atoms with Crippen molar-refractivity contribution in [3.05, 3.63) is 65.1 Å². The fourth-order valence-electron chi connectivity index (χ4n) is 4.86. The van der Waals surface area contributed by atoms with E-state index in [2.05, 4.69) is 31.9 Å². The Morgan fingerprint density at radius 1 is 0.812 bits per heavy atom. The first kappa shape index (κ1) is 19.8. The number of rotatable bonds is 4. The van der Waals surface area contributed by atoms with Crippen LogP contribution in [0, 0.1) is 0 Å². The van der Waals surface area contributed by atoms with Crippen LogP contribution in [0.1, 0.15) is 28.8 Å². The van der Waals surface area contributed by atoms with Crippen molar-refractivity contribution in [1.82, 2.24) is 24.8 Å². The normalized spacial score (nSPS) is 16.9. The zero-order valence-corrected chi connectivity index (χ0v) is 18.9. The lowest BCUT2D eigenvalue weighted by atomic mass is 9.96. The quantitative estimate of drug-likeness (QED) is 0.468. The van der Waals surface area contributed by atoms with Crippen molar-refractivity contribution in [3.8, 4) is 11.4 Å². The topological polar surface area (TPSA) is 58.0 Å². The number of thiophene rings is 1. The van der Waals surface area contributed by atoms with E-state index in [1.807, 2.05) is 48.3 Å². The van der Waals surface area contributed by atoms with Gasteiger partial charge in [0.15, 0.2) is 5.82 Å². The molecule has 1 fully saturated rings. The fraction of sp³-hybridized carbons (Fsp3) is 0.360.